The van der Waals surface area contributed by atoms with Crippen LogP contribution in [0.2, 0.25) is 10.4 Å². The Morgan fingerprint density at radius 2 is 2.00 bits per heavy atom. The van der Waals surface area contributed by atoms with Gasteiger partial charge in [-0.15, -0.1) is 0 Å². The molecule has 0 spiro atoms. The third kappa shape index (κ3) is 3.41. The van der Waals surface area contributed by atoms with E-state index in [2.05, 4.69) is 31.2 Å². The topological polar surface area (TPSA) is 54.9 Å². The number of carbonyl (C=O) groups excluding carboxylic acids is 1. The van der Waals surface area contributed by atoms with E-state index >= 15 is 0 Å². The zero-order chi connectivity index (χ0) is 13.1. The number of anilines is 1. The number of benzene rings is 1. The number of hydrogen-bond donors (Lipinski definition) is 1. The number of carbonyl (C=O) groups is 1. The molecule has 0 aliphatic rings. The highest BCUT2D eigenvalue weighted by atomic mass is 79.9. The van der Waals surface area contributed by atoms with Crippen LogP contribution in [-0.2, 0) is 0 Å². The molecule has 1 aromatic heterocycles. The number of rotatable bonds is 2. The summed E-state index contributed by atoms with van der Waals surface area (Å²) in [7, 11) is 0. The summed E-state index contributed by atoms with van der Waals surface area (Å²) >= 11 is 14.6. The average molecular weight is 347 g/mol. The van der Waals surface area contributed by atoms with Crippen molar-refractivity contribution in [3.05, 3.63) is 50.8 Å². The Kier molecular flexibility index (Phi) is 4.16. The molecule has 1 amide bonds. The first kappa shape index (κ1) is 13.3. The van der Waals surface area contributed by atoms with Gasteiger partial charge in [-0.25, -0.2) is 9.97 Å². The minimum absolute atomic E-state index is 0.0213. The number of nitrogens with zero attached hydrogens (tertiary/aromatic N) is 2. The SMILES string of the molecule is O=C(Nc1cc(Cl)nc(Cl)n1)c1cccc(Br)c1. The van der Waals surface area contributed by atoms with Crippen LogP contribution < -0.4 is 5.32 Å². The van der Waals surface area contributed by atoms with Crippen molar-refractivity contribution < 1.29 is 4.79 Å². The smallest absolute Gasteiger partial charge is 0.256 e. The lowest BCUT2D eigenvalue weighted by atomic mass is 10.2. The van der Waals surface area contributed by atoms with E-state index < -0.39 is 0 Å². The van der Waals surface area contributed by atoms with Crippen molar-refractivity contribution in [2.24, 2.45) is 0 Å². The van der Waals surface area contributed by atoms with Crippen LogP contribution in [0.3, 0.4) is 0 Å². The molecule has 0 bridgehead atoms. The predicted molar refractivity (Wildman–Crippen MR) is 74.1 cm³/mol. The van der Waals surface area contributed by atoms with Crippen LogP contribution >= 0.6 is 39.1 Å². The first-order valence-electron chi connectivity index (χ1n) is 4.81. The van der Waals surface area contributed by atoms with Gasteiger partial charge in [-0.05, 0) is 29.8 Å². The fourth-order valence-corrected chi connectivity index (χ4v) is 2.08. The van der Waals surface area contributed by atoms with E-state index in [1.807, 2.05) is 6.07 Å². The molecule has 2 rings (SSSR count). The van der Waals surface area contributed by atoms with E-state index in [1.165, 1.54) is 6.07 Å². The van der Waals surface area contributed by atoms with Gasteiger partial charge in [0.05, 0.1) is 0 Å². The summed E-state index contributed by atoms with van der Waals surface area (Å²) in [5.41, 5.74) is 0.496. The number of aromatic nitrogens is 2. The quantitative estimate of drug-likeness (QED) is 0.664. The van der Waals surface area contributed by atoms with Crippen molar-refractivity contribution >= 4 is 50.9 Å². The van der Waals surface area contributed by atoms with Crippen molar-refractivity contribution in [3.8, 4) is 0 Å². The van der Waals surface area contributed by atoms with Crippen LogP contribution in [0.15, 0.2) is 34.8 Å². The van der Waals surface area contributed by atoms with Gasteiger partial charge < -0.3 is 5.32 Å². The Balaban J connectivity index is 2.21. The Bertz CT molecular complexity index is 586. The van der Waals surface area contributed by atoms with Crippen LogP contribution in [0, 0.1) is 0 Å². The maximum Gasteiger partial charge on any atom is 0.256 e. The molecule has 92 valence electrons. The largest absolute Gasteiger partial charge is 0.306 e. The summed E-state index contributed by atoms with van der Waals surface area (Å²) in [6.45, 7) is 0. The Hall–Kier alpha value is -1.17. The highest BCUT2D eigenvalue weighted by molar-refractivity contribution is 9.10. The van der Waals surface area contributed by atoms with Crippen LogP contribution in [0.1, 0.15) is 10.4 Å². The van der Waals surface area contributed by atoms with E-state index in [0.717, 1.165) is 4.47 Å². The van der Waals surface area contributed by atoms with Gasteiger partial charge in [-0.2, -0.15) is 0 Å². The Morgan fingerprint density at radius 3 is 2.67 bits per heavy atom. The standard InChI is InChI=1S/C11H6BrCl2N3O/c12-7-3-1-2-6(4-7)10(18)16-9-5-8(13)15-11(14)17-9/h1-5H,(H,15,16,17,18). The van der Waals surface area contributed by atoms with E-state index in [-0.39, 0.29) is 22.2 Å². The number of hydrogen-bond acceptors (Lipinski definition) is 3. The molecule has 0 atom stereocenters. The van der Waals surface area contributed by atoms with Gasteiger partial charge in [0.15, 0.2) is 0 Å². The zero-order valence-corrected chi connectivity index (χ0v) is 11.9. The van der Waals surface area contributed by atoms with Gasteiger partial charge in [0.25, 0.3) is 5.91 Å². The fourth-order valence-electron chi connectivity index (χ4n) is 1.27. The van der Waals surface area contributed by atoms with Crippen LogP contribution in [-0.4, -0.2) is 15.9 Å². The molecule has 0 saturated heterocycles. The van der Waals surface area contributed by atoms with Gasteiger partial charge in [0.1, 0.15) is 11.0 Å². The van der Waals surface area contributed by atoms with E-state index in [0.29, 0.717) is 5.56 Å². The maximum atomic E-state index is 11.9. The molecular weight excluding hydrogens is 341 g/mol. The Morgan fingerprint density at radius 1 is 1.22 bits per heavy atom. The number of nitrogens with one attached hydrogen (secondary N) is 1. The lowest BCUT2D eigenvalue weighted by Crippen LogP contribution is -2.13. The molecule has 1 heterocycles. The summed E-state index contributed by atoms with van der Waals surface area (Å²) in [4.78, 5) is 19.4. The van der Waals surface area contributed by atoms with Crippen molar-refractivity contribution in [3.63, 3.8) is 0 Å². The molecule has 0 radical (unpaired) electrons. The lowest BCUT2D eigenvalue weighted by Gasteiger charge is -2.05. The minimum Gasteiger partial charge on any atom is -0.306 e. The molecule has 0 unspecified atom stereocenters. The molecule has 0 fully saturated rings. The molecule has 1 aromatic carbocycles. The zero-order valence-electron chi connectivity index (χ0n) is 8.82. The summed E-state index contributed by atoms with van der Waals surface area (Å²) in [5, 5.41) is 2.73. The third-order valence-corrected chi connectivity index (χ3v) is 2.85. The molecule has 0 aliphatic carbocycles. The van der Waals surface area contributed by atoms with Crippen molar-refractivity contribution in [1.82, 2.24) is 9.97 Å². The normalized spacial score (nSPS) is 10.2. The highest BCUT2D eigenvalue weighted by Crippen LogP contribution is 2.16. The van der Waals surface area contributed by atoms with Gasteiger partial charge in [-0.3, -0.25) is 4.79 Å². The highest BCUT2D eigenvalue weighted by Gasteiger charge is 2.08. The van der Waals surface area contributed by atoms with Gasteiger partial charge in [0.2, 0.25) is 5.28 Å². The molecule has 0 aliphatic heterocycles. The molecule has 2 aromatic rings. The molecule has 7 heteroatoms. The molecule has 0 saturated carbocycles. The first-order chi connectivity index (χ1) is 8.54. The second kappa shape index (κ2) is 5.65. The van der Waals surface area contributed by atoms with Gasteiger partial charge >= 0.3 is 0 Å². The molecule has 18 heavy (non-hydrogen) atoms. The van der Waals surface area contributed by atoms with Crippen LogP contribution in [0.4, 0.5) is 5.82 Å². The van der Waals surface area contributed by atoms with Gasteiger partial charge in [0, 0.05) is 16.1 Å². The fraction of sp³-hybridized carbons (Fsp3) is 0. The van der Waals surface area contributed by atoms with Crippen molar-refractivity contribution in [2.45, 2.75) is 0 Å². The Labute approximate surface area is 121 Å². The van der Waals surface area contributed by atoms with Crippen LogP contribution in [0.5, 0.6) is 0 Å². The lowest BCUT2D eigenvalue weighted by molar-refractivity contribution is 0.102. The summed E-state index contributed by atoms with van der Waals surface area (Å²) in [6, 6.07) is 8.39. The second-order valence-electron chi connectivity index (χ2n) is 3.31. The van der Waals surface area contributed by atoms with E-state index in [9.17, 15) is 4.79 Å². The van der Waals surface area contributed by atoms with E-state index in [4.69, 9.17) is 23.2 Å². The van der Waals surface area contributed by atoms with Gasteiger partial charge in [-0.1, -0.05) is 33.6 Å². The second-order valence-corrected chi connectivity index (χ2v) is 4.95. The van der Waals surface area contributed by atoms with Crippen molar-refractivity contribution in [1.29, 1.82) is 0 Å². The number of amides is 1. The molecule has 4 nitrogen and oxygen atoms in total. The molecule has 1 N–H and O–H groups in total. The first-order valence-corrected chi connectivity index (χ1v) is 6.36. The molecular formula is C11H6BrCl2N3O. The van der Waals surface area contributed by atoms with E-state index in [1.54, 1.807) is 18.2 Å². The monoisotopic (exact) mass is 345 g/mol. The summed E-state index contributed by atoms with van der Waals surface area (Å²) in [5.74, 6) is -0.0490. The maximum absolute atomic E-state index is 11.9. The van der Waals surface area contributed by atoms with Crippen molar-refractivity contribution in [2.75, 3.05) is 5.32 Å². The summed E-state index contributed by atoms with van der Waals surface area (Å²) in [6.07, 6.45) is 0. The average Bonchev–Trinajstić information content (AvgIpc) is 2.27. The predicted octanol–water partition coefficient (Wildman–Crippen LogP) is 3.80. The minimum atomic E-state index is -0.304. The summed E-state index contributed by atoms with van der Waals surface area (Å²) < 4.78 is 0.814. The third-order valence-electron chi connectivity index (χ3n) is 2.00. The van der Waals surface area contributed by atoms with Crippen LogP contribution in [0.25, 0.3) is 0 Å². The number of halogens is 3.